The van der Waals surface area contributed by atoms with E-state index >= 15 is 0 Å². The molecule has 94 valence electrons. The summed E-state index contributed by atoms with van der Waals surface area (Å²) in [6, 6.07) is 0. The van der Waals surface area contributed by atoms with Crippen LogP contribution in [0.5, 0.6) is 0 Å². The molecule has 7 heteroatoms. The summed E-state index contributed by atoms with van der Waals surface area (Å²) in [6.07, 6.45) is 0. The molecule has 1 aliphatic rings. The average molecular weight is 291 g/mol. The van der Waals surface area contributed by atoms with Gasteiger partial charge in [-0.1, -0.05) is 6.92 Å². The van der Waals surface area contributed by atoms with E-state index in [-0.39, 0.29) is 0 Å². The second-order valence-corrected chi connectivity index (χ2v) is 5.37. The maximum Gasteiger partial charge on any atom is 0.200 e. The molecule has 2 atom stereocenters. The van der Waals surface area contributed by atoms with Crippen molar-refractivity contribution in [1.82, 2.24) is 0 Å². The monoisotopic (exact) mass is 290 g/mol. The lowest BCUT2D eigenvalue weighted by Gasteiger charge is -2.07. The maximum absolute atomic E-state index is 13.4. The van der Waals surface area contributed by atoms with E-state index in [1.807, 2.05) is 0 Å². The summed E-state index contributed by atoms with van der Waals surface area (Å²) in [5.41, 5.74) is -0.945. The molecule has 0 bridgehead atoms. The summed E-state index contributed by atoms with van der Waals surface area (Å²) in [4.78, 5) is 0. The van der Waals surface area contributed by atoms with E-state index in [9.17, 15) is 22.0 Å². The Balaban J connectivity index is 2.65. The van der Waals surface area contributed by atoms with Crippen molar-refractivity contribution in [1.29, 1.82) is 0 Å². The van der Waals surface area contributed by atoms with Gasteiger partial charge in [0.15, 0.2) is 23.3 Å². The number of halogens is 7. The smallest absolute Gasteiger partial charge is 0.200 e. The van der Waals surface area contributed by atoms with Crippen LogP contribution in [0.4, 0.5) is 22.0 Å². The van der Waals surface area contributed by atoms with Gasteiger partial charge in [-0.3, -0.25) is 0 Å². The van der Waals surface area contributed by atoms with Gasteiger partial charge >= 0.3 is 0 Å². The van der Waals surface area contributed by atoms with Gasteiger partial charge in [0.25, 0.3) is 0 Å². The summed E-state index contributed by atoms with van der Waals surface area (Å²) < 4.78 is 63.9. The van der Waals surface area contributed by atoms with Crippen LogP contribution in [0.1, 0.15) is 18.4 Å². The number of hydrogen-bond donors (Lipinski definition) is 0. The molecule has 0 N–H and O–H groups in total. The molecule has 2 rings (SSSR count). The number of benzene rings is 1. The highest BCUT2D eigenvalue weighted by atomic mass is 35.5. The van der Waals surface area contributed by atoms with Gasteiger partial charge in [0.1, 0.15) is 4.33 Å². The molecule has 0 aliphatic heterocycles. The quantitative estimate of drug-likeness (QED) is 0.313. The van der Waals surface area contributed by atoms with Crippen LogP contribution in [0, 0.1) is 35.0 Å². The summed E-state index contributed by atoms with van der Waals surface area (Å²) in [7, 11) is 0. The first-order chi connectivity index (χ1) is 7.71. The minimum absolute atomic E-state index is 0.584. The minimum atomic E-state index is -2.19. The van der Waals surface area contributed by atoms with Crippen molar-refractivity contribution in [2.45, 2.75) is 17.2 Å². The molecular formula is C10H5Cl2F5. The summed E-state index contributed by atoms with van der Waals surface area (Å²) in [6.45, 7) is 1.46. The van der Waals surface area contributed by atoms with Crippen LogP contribution in [0.15, 0.2) is 0 Å². The molecular weight excluding hydrogens is 286 g/mol. The Morgan fingerprint density at radius 2 is 1.12 bits per heavy atom. The molecule has 0 aromatic heterocycles. The highest BCUT2D eigenvalue weighted by Gasteiger charge is 2.63. The van der Waals surface area contributed by atoms with Crippen LogP contribution >= 0.6 is 23.2 Å². The Labute approximate surface area is 103 Å². The van der Waals surface area contributed by atoms with Crippen molar-refractivity contribution in [3.8, 4) is 0 Å². The van der Waals surface area contributed by atoms with Crippen LogP contribution < -0.4 is 0 Å². The van der Waals surface area contributed by atoms with Crippen LogP contribution in [0.2, 0.25) is 0 Å². The fraction of sp³-hybridized carbons (Fsp3) is 0.400. The van der Waals surface area contributed by atoms with Crippen molar-refractivity contribution in [2.75, 3.05) is 0 Å². The SMILES string of the molecule is CC1C(c2c(F)c(F)c(F)c(F)c2F)C1(Cl)Cl. The third kappa shape index (κ3) is 1.63. The van der Waals surface area contributed by atoms with Crippen LogP contribution in [0.3, 0.4) is 0 Å². The van der Waals surface area contributed by atoms with Gasteiger partial charge in [-0.15, -0.1) is 23.2 Å². The molecule has 0 nitrogen and oxygen atoms in total. The Hall–Kier alpha value is -0.550. The molecule has 0 amide bonds. The average Bonchev–Trinajstić information content (AvgIpc) is 2.75. The Morgan fingerprint density at radius 1 is 0.824 bits per heavy atom. The first-order valence-corrected chi connectivity index (χ1v) is 5.36. The summed E-state index contributed by atoms with van der Waals surface area (Å²) in [5.74, 6) is -11.6. The number of alkyl halides is 2. The summed E-state index contributed by atoms with van der Waals surface area (Å²) in [5, 5.41) is 0. The van der Waals surface area contributed by atoms with E-state index < -0.39 is 50.8 Å². The fourth-order valence-corrected chi connectivity index (χ4v) is 2.54. The van der Waals surface area contributed by atoms with Gasteiger partial charge in [0.05, 0.1) is 0 Å². The lowest BCUT2D eigenvalue weighted by atomic mass is 10.1. The molecule has 1 aliphatic carbocycles. The first kappa shape index (κ1) is 12.9. The van der Waals surface area contributed by atoms with Crippen LogP contribution in [0.25, 0.3) is 0 Å². The lowest BCUT2D eigenvalue weighted by Crippen LogP contribution is -2.08. The molecule has 1 saturated carbocycles. The van der Waals surface area contributed by atoms with Crippen molar-refractivity contribution in [3.63, 3.8) is 0 Å². The topological polar surface area (TPSA) is 0 Å². The molecule has 1 fully saturated rings. The van der Waals surface area contributed by atoms with E-state index in [1.165, 1.54) is 6.92 Å². The minimum Gasteiger partial charge on any atom is -0.203 e. The fourth-order valence-electron chi connectivity index (χ4n) is 1.82. The predicted molar refractivity (Wildman–Crippen MR) is 52.6 cm³/mol. The molecule has 0 heterocycles. The number of rotatable bonds is 1. The third-order valence-electron chi connectivity index (χ3n) is 2.97. The van der Waals surface area contributed by atoms with Crippen molar-refractivity contribution < 1.29 is 22.0 Å². The van der Waals surface area contributed by atoms with Gasteiger partial charge in [-0.2, -0.15) is 0 Å². The van der Waals surface area contributed by atoms with Crippen molar-refractivity contribution in [2.24, 2.45) is 5.92 Å². The predicted octanol–water partition coefficient (Wildman–Crippen LogP) is 4.29. The van der Waals surface area contributed by atoms with Crippen molar-refractivity contribution in [3.05, 3.63) is 34.6 Å². The molecule has 0 saturated heterocycles. The van der Waals surface area contributed by atoms with E-state index in [4.69, 9.17) is 23.2 Å². The Morgan fingerprint density at radius 3 is 1.41 bits per heavy atom. The largest absolute Gasteiger partial charge is 0.203 e. The van der Waals surface area contributed by atoms with Gasteiger partial charge in [-0.25, -0.2) is 22.0 Å². The van der Waals surface area contributed by atoms with E-state index in [0.717, 1.165) is 0 Å². The Bertz CT molecular complexity index is 471. The van der Waals surface area contributed by atoms with Gasteiger partial charge in [0.2, 0.25) is 5.82 Å². The zero-order valence-corrected chi connectivity index (χ0v) is 9.81. The van der Waals surface area contributed by atoms with Crippen LogP contribution in [-0.2, 0) is 0 Å². The highest BCUT2D eigenvalue weighted by molar-refractivity contribution is 6.51. The lowest BCUT2D eigenvalue weighted by molar-refractivity contribution is 0.369. The highest BCUT2D eigenvalue weighted by Crippen LogP contribution is 2.65. The Kier molecular flexibility index (Phi) is 2.82. The van der Waals surface area contributed by atoms with Gasteiger partial charge in [-0.05, 0) is 5.92 Å². The van der Waals surface area contributed by atoms with E-state index in [2.05, 4.69) is 0 Å². The van der Waals surface area contributed by atoms with Gasteiger partial charge < -0.3 is 0 Å². The van der Waals surface area contributed by atoms with Crippen molar-refractivity contribution >= 4 is 23.2 Å². The zero-order valence-electron chi connectivity index (χ0n) is 8.30. The van der Waals surface area contributed by atoms with Gasteiger partial charge in [0, 0.05) is 11.5 Å². The molecule has 2 unspecified atom stereocenters. The second kappa shape index (κ2) is 3.72. The summed E-state index contributed by atoms with van der Waals surface area (Å²) >= 11 is 11.3. The van der Waals surface area contributed by atoms with E-state index in [1.54, 1.807) is 0 Å². The standard InChI is InChI=1S/C10H5Cl2F5/c1-2-4(10(2,11)12)3-5(13)7(15)9(17)8(16)6(3)14/h2,4H,1H3. The molecule has 1 aromatic carbocycles. The maximum atomic E-state index is 13.4. The van der Waals surface area contributed by atoms with Crippen LogP contribution in [-0.4, -0.2) is 4.33 Å². The zero-order chi connectivity index (χ0) is 13.1. The second-order valence-electron chi connectivity index (χ2n) is 3.92. The molecule has 1 aromatic rings. The van der Waals surface area contributed by atoms with E-state index in [0.29, 0.717) is 0 Å². The third-order valence-corrected chi connectivity index (χ3v) is 4.13. The normalized spacial score (nSPS) is 26.1. The molecule has 17 heavy (non-hydrogen) atoms. The first-order valence-electron chi connectivity index (χ1n) is 4.60. The number of hydrogen-bond acceptors (Lipinski definition) is 0. The molecule has 0 spiro atoms. The molecule has 0 radical (unpaired) electrons.